The van der Waals surface area contributed by atoms with Gasteiger partial charge < -0.3 is 25.5 Å². The van der Waals surface area contributed by atoms with Crippen molar-refractivity contribution in [2.45, 2.75) is 12.4 Å². The first-order valence-corrected chi connectivity index (χ1v) is 9.91. The average Bonchev–Trinajstić information content (AvgIpc) is 2.68. The second-order valence-corrected chi connectivity index (χ2v) is 6.89. The zero-order chi connectivity index (χ0) is 26.0. The van der Waals surface area contributed by atoms with Crippen LogP contribution in [0, 0.1) is 0 Å². The molecule has 0 aromatic heterocycles. The molecule has 192 valence electrons. The van der Waals surface area contributed by atoms with Gasteiger partial charge in [0.05, 0.1) is 21.2 Å². The number of carbonyl (C=O) groups is 2. The number of alkyl halides is 7. The second-order valence-electron chi connectivity index (χ2n) is 5.51. The van der Waals surface area contributed by atoms with E-state index in [-0.39, 0.29) is 46.1 Å². The molecule has 0 aliphatic carbocycles. The van der Waals surface area contributed by atoms with Crippen LogP contribution in [-0.2, 0) is 21.9 Å². The molecule has 0 heterocycles. The summed E-state index contributed by atoms with van der Waals surface area (Å²) in [5, 5.41) is 23.9. The summed E-state index contributed by atoms with van der Waals surface area (Å²) in [7, 11) is 0. The largest absolute Gasteiger partial charge is 1.00 e. The number of halogens is 9. The molecule has 0 aliphatic heterocycles. The minimum Gasteiger partial charge on any atom is -0.870 e. The Balaban J connectivity index is -0.000000479. The van der Waals surface area contributed by atoms with Gasteiger partial charge in [-0.05, 0) is 36.4 Å². The number of aliphatic carboxylic acids is 2. The maximum atomic E-state index is 12.4. The van der Waals surface area contributed by atoms with E-state index in [1.165, 1.54) is 6.07 Å². The number of rotatable bonds is 4. The Morgan fingerprint density at radius 3 is 1.60 bits per heavy atom. The molecule has 0 saturated carbocycles. The molecular weight excluding hydrogens is 616 g/mol. The van der Waals surface area contributed by atoms with Crippen LogP contribution >= 0.6 is 39.1 Å². The molecule has 0 saturated heterocycles. The molecule has 2 aromatic rings. The fourth-order valence-electron chi connectivity index (χ4n) is 1.69. The van der Waals surface area contributed by atoms with Crippen LogP contribution in [0.15, 0.2) is 36.4 Å². The van der Waals surface area contributed by atoms with E-state index in [0.717, 1.165) is 18.2 Å². The van der Waals surface area contributed by atoms with E-state index in [2.05, 4.69) is 20.7 Å². The minimum absolute atomic E-state index is 0. The molecule has 35 heavy (non-hydrogen) atoms. The van der Waals surface area contributed by atoms with Crippen LogP contribution < -0.4 is 34.3 Å². The number of phenols is 1. The summed E-state index contributed by atoms with van der Waals surface area (Å²) in [6.07, 6.45) is -9.12. The quantitative estimate of drug-likeness (QED) is 0.269. The molecule has 0 bridgehead atoms. The first-order chi connectivity index (χ1) is 15.0. The van der Waals surface area contributed by atoms with Crippen LogP contribution in [-0.4, -0.2) is 44.7 Å². The van der Waals surface area contributed by atoms with Crippen molar-refractivity contribution in [3.05, 3.63) is 57.6 Å². The summed E-state index contributed by atoms with van der Waals surface area (Å²) in [5.74, 6) is -2.75. The number of aromatic hydroxyl groups is 1. The number of phenolic OH excluding ortho intramolecular Hbond substituents is 1. The van der Waals surface area contributed by atoms with Gasteiger partial charge in [0.15, 0.2) is 6.61 Å². The van der Waals surface area contributed by atoms with Gasteiger partial charge in [-0.25, -0.2) is 4.79 Å². The Hall–Kier alpha value is -1.42. The number of hydrogen-bond donors (Lipinski definition) is 3. The standard InChI is InChI=1S/C9H6ClF3O3.C7H4ClF3O.C2H3BrO2.Na.H2O/c10-7-2-1-5(16-4-8(14)15)3-6(7)9(11,12)13;8-6-2-1-4(12)3-5(6)7(9,10)11;3-1-2(4)5;;/h1-3H,4H2,(H,14,15);1-3,12H;1H2,(H,4,5);;1H2/q;;;+1;/p-1. The monoisotopic (exact) mass is 628 g/mol. The molecule has 0 amide bonds. The Morgan fingerprint density at radius 1 is 0.857 bits per heavy atom. The van der Waals surface area contributed by atoms with Gasteiger partial charge in [0, 0.05) is 0 Å². The molecule has 0 spiro atoms. The van der Waals surface area contributed by atoms with Crippen LogP contribution in [0.3, 0.4) is 0 Å². The van der Waals surface area contributed by atoms with Crippen molar-refractivity contribution in [3.63, 3.8) is 0 Å². The number of carboxylic acids is 2. The summed E-state index contributed by atoms with van der Waals surface area (Å²) >= 11 is 13.3. The fourth-order valence-corrected chi connectivity index (χ4v) is 2.14. The third-order valence-corrected chi connectivity index (χ3v) is 4.11. The molecule has 7 nitrogen and oxygen atoms in total. The van der Waals surface area contributed by atoms with Crippen LogP contribution in [0.25, 0.3) is 0 Å². The van der Waals surface area contributed by atoms with Crippen LogP contribution in [0.4, 0.5) is 26.3 Å². The van der Waals surface area contributed by atoms with Gasteiger partial charge in [0.25, 0.3) is 0 Å². The Kier molecular flexibility index (Phi) is 18.6. The van der Waals surface area contributed by atoms with Gasteiger partial charge in [-0.2, -0.15) is 26.3 Å². The number of carboxylic acid groups (broad SMARTS) is 2. The van der Waals surface area contributed by atoms with Crippen molar-refractivity contribution in [2.24, 2.45) is 0 Å². The van der Waals surface area contributed by atoms with Gasteiger partial charge in [0.1, 0.15) is 16.8 Å². The summed E-state index contributed by atoms with van der Waals surface area (Å²) in [5.41, 5.74) is -2.08. The van der Waals surface area contributed by atoms with Gasteiger partial charge >= 0.3 is 53.8 Å². The normalized spacial score (nSPS) is 10.2. The molecular formula is C18H14BrCl2F6NaO7. The van der Waals surface area contributed by atoms with E-state index in [4.69, 9.17) is 38.5 Å². The summed E-state index contributed by atoms with van der Waals surface area (Å²) in [6, 6.07) is 5.51. The van der Waals surface area contributed by atoms with E-state index in [9.17, 15) is 35.9 Å². The summed E-state index contributed by atoms with van der Waals surface area (Å²) < 4.78 is 77.8. The Labute approximate surface area is 234 Å². The smallest absolute Gasteiger partial charge is 0.870 e. The third kappa shape index (κ3) is 16.0. The zero-order valence-electron chi connectivity index (χ0n) is 17.3. The predicted molar refractivity (Wildman–Crippen MR) is 111 cm³/mol. The van der Waals surface area contributed by atoms with E-state index >= 15 is 0 Å². The summed E-state index contributed by atoms with van der Waals surface area (Å²) in [6.45, 7) is -0.709. The van der Waals surface area contributed by atoms with Gasteiger partial charge in [-0.15, -0.1) is 0 Å². The molecule has 0 atom stereocenters. The van der Waals surface area contributed by atoms with Gasteiger partial charge in [-0.3, -0.25) is 4.79 Å². The van der Waals surface area contributed by atoms with Crippen LogP contribution in [0.2, 0.25) is 10.0 Å². The first kappa shape index (κ1) is 38.1. The fraction of sp³-hybridized carbons (Fsp3) is 0.222. The maximum absolute atomic E-state index is 12.4. The van der Waals surface area contributed by atoms with E-state index in [1.54, 1.807) is 0 Å². The average molecular weight is 630 g/mol. The topological polar surface area (TPSA) is 134 Å². The van der Waals surface area contributed by atoms with Crippen molar-refractivity contribution in [1.29, 1.82) is 0 Å². The second kappa shape index (κ2) is 17.1. The molecule has 0 fully saturated rings. The van der Waals surface area contributed by atoms with Gasteiger partial charge in [-0.1, -0.05) is 39.1 Å². The zero-order valence-corrected chi connectivity index (χ0v) is 22.4. The Morgan fingerprint density at radius 2 is 1.26 bits per heavy atom. The molecule has 4 N–H and O–H groups in total. The van der Waals surface area contributed by atoms with Gasteiger partial charge in [0.2, 0.25) is 0 Å². The van der Waals surface area contributed by atoms with E-state index in [1.807, 2.05) is 0 Å². The van der Waals surface area contributed by atoms with E-state index in [0.29, 0.717) is 12.1 Å². The van der Waals surface area contributed by atoms with Crippen molar-refractivity contribution < 1.29 is 91.0 Å². The van der Waals surface area contributed by atoms with Crippen molar-refractivity contribution in [3.8, 4) is 11.5 Å². The number of hydrogen-bond acceptors (Lipinski definition) is 5. The van der Waals surface area contributed by atoms with Crippen molar-refractivity contribution in [1.82, 2.24) is 0 Å². The predicted octanol–water partition coefficient (Wildman–Crippen LogP) is 3.18. The van der Waals surface area contributed by atoms with Crippen molar-refractivity contribution >= 4 is 51.1 Å². The molecule has 2 aromatic carbocycles. The van der Waals surface area contributed by atoms with Crippen molar-refractivity contribution in [2.75, 3.05) is 11.9 Å². The number of benzene rings is 2. The summed E-state index contributed by atoms with van der Waals surface area (Å²) in [4.78, 5) is 19.5. The van der Waals surface area contributed by atoms with E-state index < -0.39 is 57.8 Å². The third-order valence-electron chi connectivity index (χ3n) is 2.98. The molecule has 17 heteroatoms. The Bertz CT molecular complexity index is 962. The maximum Gasteiger partial charge on any atom is 1.00 e. The minimum atomic E-state index is -4.60. The number of ether oxygens (including phenoxy) is 1. The van der Waals surface area contributed by atoms with Crippen LogP contribution in [0.5, 0.6) is 11.5 Å². The first-order valence-electron chi connectivity index (χ1n) is 8.03. The molecule has 0 radical (unpaired) electrons. The molecule has 0 unspecified atom stereocenters. The van der Waals surface area contributed by atoms with Crippen LogP contribution in [0.1, 0.15) is 11.1 Å². The molecule has 2 rings (SSSR count). The SMILES string of the molecule is O=C(O)CBr.O=C(O)COc1ccc(Cl)c(C(F)(F)F)c1.Oc1ccc(Cl)c(C(F)(F)F)c1.[Na+].[OH-]. The molecule has 0 aliphatic rings.